The molecule has 1 aromatic carbocycles. The SMILES string of the molecule is CCCCN(c1ccccc1)C(CN)c1ccoc1. The highest BCUT2D eigenvalue weighted by atomic mass is 16.3. The van der Waals surface area contributed by atoms with Gasteiger partial charge in [0, 0.05) is 24.3 Å². The Labute approximate surface area is 115 Å². The number of hydrogen-bond acceptors (Lipinski definition) is 3. The molecule has 1 unspecified atom stereocenters. The van der Waals surface area contributed by atoms with Crippen molar-refractivity contribution < 1.29 is 4.42 Å². The van der Waals surface area contributed by atoms with E-state index in [0.29, 0.717) is 6.54 Å². The molecular formula is C16H22N2O. The molecule has 102 valence electrons. The van der Waals surface area contributed by atoms with Crippen LogP contribution in [0.15, 0.2) is 53.3 Å². The largest absolute Gasteiger partial charge is 0.472 e. The van der Waals surface area contributed by atoms with Crippen molar-refractivity contribution in [3.05, 3.63) is 54.5 Å². The molecular weight excluding hydrogens is 236 g/mol. The van der Waals surface area contributed by atoms with Crippen molar-refractivity contribution in [2.24, 2.45) is 5.73 Å². The van der Waals surface area contributed by atoms with Gasteiger partial charge in [-0.2, -0.15) is 0 Å². The first-order valence-corrected chi connectivity index (χ1v) is 6.90. The Morgan fingerprint density at radius 1 is 1.21 bits per heavy atom. The molecule has 2 aromatic rings. The maximum atomic E-state index is 5.99. The molecule has 1 aromatic heterocycles. The Kier molecular flexibility index (Phi) is 5.04. The summed E-state index contributed by atoms with van der Waals surface area (Å²) in [4.78, 5) is 2.37. The third kappa shape index (κ3) is 3.38. The summed E-state index contributed by atoms with van der Waals surface area (Å²) < 4.78 is 5.21. The predicted molar refractivity (Wildman–Crippen MR) is 79.2 cm³/mol. The number of para-hydroxylation sites is 1. The first-order chi connectivity index (χ1) is 9.36. The van der Waals surface area contributed by atoms with E-state index < -0.39 is 0 Å². The number of hydrogen-bond donors (Lipinski definition) is 1. The number of benzene rings is 1. The van der Waals surface area contributed by atoms with Gasteiger partial charge in [0.25, 0.3) is 0 Å². The molecule has 0 aliphatic heterocycles. The number of unbranched alkanes of at least 4 members (excludes halogenated alkanes) is 1. The van der Waals surface area contributed by atoms with Crippen LogP contribution in [-0.4, -0.2) is 13.1 Å². The van der Waals surface area contributed by atoms with Gasteiger partial charge in [-0.25, -0.2) is 0 Å². The zero-order chi connectivity index (χ0) is 13.5. The molecule has 0 bridgehead atoms. The molecule has 2 N–H and O–H groups in total. The summed E-state index contributed by atoms with van der Waals surface area (Å²) in [5.74, 6) is 0. The van der Waals surface area contributed by atoms with E-state index in [1.807, 2.05) is 12.1 Å². The van der Waals surface area contributed by atoms with Crippen molar-refractivity contribution in [3.8, 4) is 0 Å². The zero-order valence-corrected chi connectivity index (χ0v) is 11.5. The Hall–Kier alpha value is -1.74. The van der Waals surface area contributed by atoms with Crippen LogP contribution in [-0.2, 0) is 0 Å². The summed E-state index contributed by atoms with van der Waals surface area (Å²) >= 11 is 0. The van der Waals surface area contributed by atoms with E-state index in [4.69, 9.17) is 10.2 Å². The topological polar surface area (TPSA) is 42.4 Å². The summed E-state index contributed by atoms with van der Waals surface area (Å²) in [7, 11) is 0. The van der Waals surface area contributed by atoms with E-state index in [1.165, 1.54) is 12.1 Å². The fraction of sp³-hybridized carbons (Fsp3) is 0.375. The van der Waals surface area contributed by atoms with Crippen molar-refractivity contribution in [1.82, 2.24) is 0 Å². The van der Waals surface area contributed by atoms with Gasteiger partial charge in [0.1, 0.15) is 0 Å². The number of rotatable bonds is 7. The lowest BCUT2D eigenvalue weighted by atomic mass is 10.1. The van der Waals surface area contributed by atoms with E-state index >= 15 is 0 Å². The Morgan fingerprint density at radius 3 is 2.58 bits per heavy atom. The standard InChI is InChI=1S/C16H22N2O/c1-2-3-10-18(15-7-5-4-6-8-15)16(12-17)14-9-11-19-13-14/h4-9,11,13,16H,2-3,10,12,17H2,1H3. The van der Waals surface area contributed by atoms with Crippen LogP contribution in [0.5, 0.6) is 0 Å². The van der Waals surface area contributed by atoms with Gasteiger partial charge < -0.3 is 15.1 Å². The van der Waals surface area contributed by atoms with Crippen molar-refractivity contribution in [1.29, 1.82) is 0 Å². The van der Waals surface area contributed by atoms with Gasteiger partial charge in [-0.1, -0.05) is 31.5 Å². The van der Waals surface area contributed by atoms with Gasteiger partial charge in [0.15, 0.2) is 0 Å². The van der Waals surface area contributed by atoms with E-state index in [9.17, 15) is 0 Å². The van der Waals surface area contributed by atoms with Crippen LogP contribution in [0.1, 0.15) is 31.4 Å². The summed E-state index contributed by atoms with van der Waals surface area (Å²) in [5.41, 5.74) is 8.35. The van der Waals surface area contributed by atoms with Crippen molar-refractivity contribution in [2.75, 3.05) is 18.0 Å². The number of nitrogens with two attached hydrogens (primary N) is 1. The Morgan fingerprint density at radius 2 is 2.00 bits per heavy atom. The van der Waals surface area contributed by atoms with Crippen LogP contribution in [0.2, 0.25) is 0 Å². The maximum absolute atomic E-state index is 5.99. The second-order valence-corrected chi connectivity index (χ2v) is 4.69. The maximum Gasteiger partial charge on any atom is 0.0955 e. The smallest absolute Gasteiger partial charge is 0.0955 e. The molecule has 0 aliphatic rings. The summed E-state index contributed by atoms with van der Waals surface area (Å²) in [6.45, 7) is 3.80. The predicted octanol–water partition coefficient (Wildman–Crippen LogP) is 3.59. The van der Waals surface area contributed by atoms with Gasteiger partial charge in [-0.05, 0) is 24.6 Å². The van der Waals surface area contributed by atoms with Gasteiger partial charge in [-0.15, -0.1) is 0 Å². The number of anilines is 1. The van der Waals surface area contributed by atoms with Crippen LogP contribution in [0, 0.1) is 0 Å². The second-order valence-electron chi connectivity index (χ2n) is 4.69. The van der Waals surface area contributed by atoms with E-state index in [-0.39, 0.29) is 6.04 Å². The monoisotopic (exact) mass is 258 g/mol. The van der Waals surface area contributed by atoms with Gasteiger partial charge in [0.05, 0.1) is 18.6 Å². The van der Waals surface area contributed by atoms with Crippen molar-refractivity contribution >= 4 is 5.69 Å². The summed E-state index contributed by atoms with van der Waals surface area (Å²) in [6.07, 6.45) is 5.83. The molecule has 0 saturated carbocycles. The van der Waals surface area contributed by atoms with E-state index in [2.05, 4.69) is 36.1 Å². The van der Waals surface area contributed by atoms with Gasteiger partial charge in [-0.3, -0.25) is 0 Å². The van der Waals surface area contributed by atoms with Crippen molar-refractivity contribution in [2.45, 2.75) is 25.8 Å². The van der Waals surface area contributed by atoms with Crippen LogP contribution < -0.4 is 10.6 Å². The van der Waals surface area contributed by atoms with Gasteiger partial charge >= 0.3 is 0 Å². The summed E-state index contributed by atoms with van der Waals surface area (Å²) in [5, 5.41) is 0. The number of nitrogens with zero attached hydrogens (tertiary/aromatic N) is 1. The second kappa shape index (κ2) is 7.00. The summed E-state index contributed by atoms with van der Waals surface area (Å²) in [6, 6.07) is 12.6. The molecule has 0 fully saturated rings. The molecule has 2 rings (SSSR count). The van der Waals surface area contributed by atoms with Crippen molar-refractivity contribution in [3.63, 3.8) is 0 Å². The molecule has 0 spiro atoms. The van der Waals surface area contributed by atoms with Gasteiger partial charge in [0.2, 0.25) is 0 Å². The highest BCUT2D eigenvalue weighted by molar-refractivity contribution is 5.48. The Bertz CT molecular complexity index is 453. The van der Waals surface area contributed by atoms with E-state index in [1.54, 1.807) is 12.5 Å². The van der Waals surface area contributed by atoms with Crippen LogP contribution in [0.3, 0.4) is 0 Å². The molecule has 0 amide bonds. The molecule has 0 aliphatic carbocycles. The minimum Gasteiger partial charge on any atom is -0.472 e. The average molecular weight is 258 g/mol. The molecule has 19 heavy (non-hydrogen) atoms. The first kappa shape index (κ1) is 13.7. The Balaban J connectivity index is 2.25. The minimum atomic E-state index is 0.174. The van der Waals surface area contributed by atoms with Crippen LogP contribution >= 0.6 is 0 Å². The number of furan rings is 1. The quantitative estimate of drug-likeness (QED) is 0.825. The van der Waals surface area contributed by atoms with Crippen LogP contribution in [0.4, 0.5) is 5.69 Å². The molecule has 1 atom stereocenters. The minimum absolute atomic E-state index is 0.174. The third-order valence-corrected chi connectivity index (χ3v) is 3.37. The highest BCUT2D eigenvalue weighted by Crippen LogP contribution is 2.27. The fourth-order valence-electron chi connectivity index (χ4n) is 2.32. The zero-order valence-electron chi connectivity index (χ0n) is 11.5. The molecule has 3 nitrogen and oxygen atoms in total. The molecule has 3 heteroatoms. The van der Waals surface area contributed by atoms with E-state index in [0.717, 1.165) is 18.5 Å². The van der Waals surface area contributed by atoms with Crippen LogP contribution in [0.25, 0.3) is 0 Å². The lowest BCUT2D eigenvalue weighted by molar-refractivity contribution is 0.549. The fourth-order valence-corrected chi connectivity index (χ4v) is 2.32. The lowest BCUT2D eigenvalue weighted by Gasteiger charge is -2.32. The third-order valence-electron chi connectivity index (χ3n) is 3.37. The highest BCUT2D eigenvalue weighted by Gasteiger charge is 2.19. The normalized spacial score (nSPS) is 12.3. The lowest BCUT2D eigenvalue weighted by Crippen LogP contribution is -2.34. The molecule has 1 heterocycles. The molecule has 0 radical (unpaired) electrons. The average Bonchev–Trinajstić information content (AvgIpc) is 2.98. The first-order valence-electron chi connectivity index (χ1n) is 6.90. The molecule has 0 saturated heterocycles.